The average Bonchev–Trinajstić information content (AvgIpc) is 2.47. The van der Waals surface area contributed by atoms with Crippen molar-refractivity contribution in [2.45, 2.75) is 19.6 Å². The highest BCUT2D eigenvalue weighted by Gasteiger charge is 2.04. The lowest BCUT2D eigenvalue weighted by Crippen LogP contribution is -2.05. The van der Waals surface area contributed by atoms with Gasteiger partial charge in [0.15, 0.2) is 0 Å². The van der Waals surface area contributed by atoms with Crippen LogP contribution >= 0.6 is 0 Å². The Kier molecular flexibility index (Phi) is 4.76. The van der Waals surface area contributed by atoms with Crippen molar-refractivity contribution < 1.29 is 4.74 Å². The van der Waals surface area contributed by atoms with E-state index >= 15 is 0 Å². The lowest BCUT2D eigenvalue weighted by molar-refractivity contribution is 0.302. The van der Waals surface area contributed by atoms with Crippen LogP contribution in [0.1, 0.15) is 16.7 Å². The average molecular weight is 253 g/mol. The maximum atomic E-state index is 5.91. The van der Waals surface area contributed by atoms with Gasteiger partial charge in [0.2, 0.25) is 0 Å². The van der Waals surface area contributed by atoms with Gasteiger partial charge in [0.05, 0.1) is 0 Å². The summed E-state index contributed by atoms with van der Waals surface area (Å²) in [5.41, 5.74) is 9.15. The van der Waals surface area contributed by atoms with Gasteiger partial charge in [0, 0.05) is 6.54 Å². The Labute approximate surface area is 114 Å². The van der Waals surface area contributed by atoms with Gasteiger partial charge < -0.3 is 10.5 Å². The number of hydrogen-bond donors (Lipinski definition) is 1. The molecule has 2 aromatic carbocycles. The minimum absolute atomic E-state index is 0.536. The number of rotatable bonds is 6. The summed E-state index contributed by atoms with van der Waals surface area (Å²) in [6.45, 7) is 4.85. The summed E-state index contributed by atoms with van der Waals surface area (Å²) in [7, 11) is 0. The number of benzene rings is 2. The zero-order valence-corrected chi connectivity index (χ0v) is 11.0. The van der Waals surface area contributed by atoms with Crippen molar-refractivity contribution >= 4 is 0 Å². The monoisotopic (exact) mass is 253 g/mol. The van der Waals surface area contributed by atoms with E-state index < -0.39 is 0 Å². The topological polar surface area (TPSA) is 35.2 Å². The van der Waals surface area contributed by atoms with Crippen LogP contribution in [0.2, 0.25) is 0 Å². The lowest BCUT2D eigenvalue weighted by Gasteiger charge is -2.12. The first-order valence-corrected chi connectivity index (χ1v) is 6.43. The van der Waals surface area contributed by atoms with E-state index in [-0.39, 0.29) is 0 Å². The standard InChI is InChI=1S/C17H19NO/c1-2-7-14-8-5-6-11-17(14)19-13-16-10-4-3-9-15(16)12-18/h2-6,8-11H,1,7,12-13,18H2. The fourth-order valence-electron chi connectivity index (χ4n) is 2.02. The van der Waals surface area contributed by atoms with Crippen molar-refractivity contribution in [1.82, 2.24) is 0 Å². The maximum absolute atomic E-state index is 5.91. The second-order valence-electron chi connectivity index (χ2n) is 4.36. The lowest BCUT2D eigenvalue weighted by atomic mass is 10.1. The molecule has 2 rings (SSSR count). The van der Waals surface area contributed by atoms with Crippen LogP contribution in [0.4, 0.5) is 0 Å². The fourth-order valence-corrected chi connectivity index (χ4v) is 2.02. The van der Waals surface area contributed by atoms with E-state index in [4.69, 9.17) is 10.5 Å². The van der Waals surface area contributed by atoms with Crippen molar-refractivity contribution in [2.24, 2.45) is 5.73 Å². The number of para-hydroxylation sites is 1. The first kappa shape index (κ1) is 13.4. The molecule has 0 aliphatic heterocycles. The molecule has 0 saturated heterocycles. The number of nitrogens with two attached hydrogens (primary N) is 1. The zero-order chi connectivity index (χ0) is 13.5. The van der Waals surface area contributed by atoms with Crippen LogP contribution in [-0.4, -0.2) is 0 Å². The molecule has 0 heterocycles. The third kappa shape index (κ3) is 3.46. The summed E-state index contributed by atoms with van der Waals surface area (Å²) in [5.74, 6) is 0.911. The van der Waals surface area contributed by atoms with Crippen LogP contribution in [-0.2, 0) is 19.6 Å². The Morgan fingerprint density at radius 3 is 2.26 bits per heavy atom. The molecule has 98 valence electrons. The molecule has 0 bridgehead atoms. The Balaban J connectivity index is 2.12. The molecule has 0 saturated carbocycles. The van der Waals surface area contributed by atoms with Gasteiger partial charge in [-0.3, -0.25) is 0 Å². The van der Waals surface area contributed by atoms with Crippen LogP contribution < -0.4 is 10.5 Å². The third-order valence-electron chi connectivity index (χ3n) is 3.06. The van der Waals surface area contributed by atoms with Crippen LogP contribution in [0.3, 0.4) is 0 Å². The first-order chi connectivity index (χ1) is 9.35. The minimum Gasteiger partial charge on any atom is -0.489 e. The van der Waals surface area contributed by atoms with E-state index in [1.807, 2.05) is 42.5 Å². The molecule has 19 heavy (non-hydrogen) atoms. The highest BCUT2D eigenvalue weighted by molar-refractivity contribution is 5.35. The number of hydrogen-bond acceptors (Lipinski definition) is 2. The van der Waals surface area contributed by atoms with E-state index in [1.165, 1.54) is 0 Å². The molecule has 0 aliphatic rings. The number of ether oxygens (including phenoxy) is 1. The Morgan fingerprint density at radius 2 is 1.58 bits per heavy atom. The maximum Gasteiger partial charge on any atom is 0.123 e. The molecule has 0 unspecified atom stereocenters. The van der Waals surface area contributed by atoms with E-state index in [9.17, 15) is 0 Å². The predicted molar refractivity (Wildman–Crippen MR) is 79.0 cm³/mol. The highest BCUT2D eigenvalue weighted by atomic mass is 16.5. The quantitative estimate of drug-likeness (QED) is 0.800. The van der Waals surface area contributed by atoms with Gasteiger partial charge >= 0.3 is 0 Å². The van der Waals surface area contributed by atoms with Gasteiger partial charge in [-0.05, 0) is 29.2 Å². The van der Waals surface area contributed by atoms with Crippen LogP contribution in [0.15, 0.2) is 61.2 Å². The molecule has 2 N–H and O–H groups in total. The predicted octanol–water partition coefficient (Wildman–Crippen LogP) is 3.45. The van der Waals surface area contributed by atoms with E-state index in [0.717, 1.165) is 28.9 Å². The van der Waals surface area contributed by atoms with Gasteiger partial charge in [-0.25, -0.2) is 0 Å². The van der Waals surface area contributed by atoms with Gasteiger partial charge in [0.25, 0.3) is 0 Å². The smallest absolute Gasteiger partial charge is 0.123 e. The zero-order valence-electron chi connectivity index (χ0n) is 11.0. The summed E-state index contributed by atoms with van der Waals surface area (Å²) < 4.78 is 5.91. The van der Waals surface area contributed by atoms with Gasteiger partial charge in [-0.15, -0.1) is 6.58 Å². The van der Waals surface area contributed by atoms with E-state index in [1.54, 1.807) is 0 Å². The molecular weight excluding hydrogens is 234 g/mol. The van der Waals surface area contributed by atoms with E-state index in [2.05, 4.69) is 18.7 Å². The summed E-state index contributed by atoms with van der Waals surface area (Å²) in [6, 6.07) is 16.1. The van der Waals surface area contributed by atoms with Crippen molar-refractivity contribution in [3.8, 4) is 5.75 Å². The van der Waals surface area contributed by atoms with Crippen molar-refractivity contribution in [3.63, 3.8) is 0 Å². The second kappa shape index (κ2) is 6.76. The summed E-state index contributed by atoms with van der Waals surface area (Å²) >= 11 is 0. The molecule has 0 fully saturated rings. The molecule has 0 radical (unpaired) electrons. The molecule has 2 nitrogen and oxygen atoms in total. The van der Waals surface area contributed by atoms with Crippen LogP contribution in [0.25, 0.3) is 0 Å². The van der Waals surface area contributed by atoms with Crippen LogP contribution in [0, 0.1) is 0 Å². The van der Waals surface area contributed by atoms with E-state index in [0.29, 0.717) is 13.2 Å². The first-order valence-electron chi connectivity index (χ1n) is 6.43. The Morgan fingerprint density at radius 1 is 0.947 bits per heavy atom. The van der Waals surface area contributed by atoms with Crippen molar-refractivity contribution in [3.05, 3.63) is 77.9 Å². The summed E-state index contributed by atoms with van der Waals surface area (Å²) in [4.78, 5) is 0. The highest BCUT2D eigenvalue weighted by Crippen LogP contribution is 2.21. The van der Waals surface area contributed by atoms with Crippen molar-refractivity contribution in [1.29, 1.82) is 0 Å². The molecular formula is C17H19NO. The molecule has 0 atom stereocenters. The number of allylic oxidation sites excluding steroid dienone is 1. The summed E-state index contributed by atoms with van der Waals surface area (Å²) in [5, 5.41) is 0. The summed E-state index contributed by atoms with van der Waals surface area (Å²) in [6.07, 6.45) is 2.70. The molecule has 0 amide bonds. The van der Waals surface area contributed by atoms with Gasteiger partial charge in [-0.1, -0.05) is 48.5 Å². The van der Waals surface area contributed by atoms with Gasteiger partial charge in [-0.2, -0.15) is 0 Å². The molecule has 2 heteroatoms. The molecule has 0 aliphatic carbocycles. The second-order valence-corrected chi connectivity index (χ2v) is 4.36. The van der Waals surface area contributed by atoms with Gasteiger partial charge in [0.1, 0.15) is 12.4 Å². The fraction of sp³-hybridized carbons (Fsp3) is 0.176. The molecule has 0 aromatic heterocycles. The molecule has 0 spiro atoms. The molecule has 2 aromatic rings. The largest absolute Gasteiger partial charge is 0.489 e. The Bertz CT molecular complexity index is 548. The normalized spacial score (nSPS) is 10.2. The third-order valence-corrected chi connectivity index (χ3v) is 3.06. The van der Waals surface area contributed by atoms with Crippen LogP contribution in [0.5, 0.6) is 5.75 Å². The SMILES string of the molecule is C=CCc1ccccc1OCc1ccccc1CN. The minimum atomic E-state index is 0.536. The van der Waals surface area contributed by atoms with Crippen molar-refractivity contribution in [2.75, 3.05) is 0 Å². The Hall–Kier alpha value is -2.06.